The van der Waals surface area contributed by atoms with E-state index in [4.69, 9.17) is 5.26 Å². The zero-order chi connectivity index (χ0) is 18.8. The monoisotopic (exact) mass is 355 g/mol. The van der Waals surface area contributed by atoms with E-state index in [0.717, 1.165) is 28.8 Å². The summed E-state index contributed by atoms with van der Waals surface area (Å²) >= 11 is 0. The fraction of sp³-hybridized carbons (Fsp3) is 0.0952. The van der Waals surface area contributed by atoms with E-state index in [1.807, 2.05) is 24.3 Å². The Kier molecular flexibility index (Phi) is 4.19. The molecule has 4 rings (SSSR count). The first-order valence-corrected chi connectivity index (χ1v) is 8.65. The van der Waals surface area contributed by atoms with E-state index in [1.54, 1.807) is 24.3 Å². The topological polar surface area (TPSA) is 86.5 Å². The molecule has 1 amide bonds. The van der Waals surface area contributed by atoms with Gasteiger partial charge >= 0.3 is 0 Å². The van der Waals surface area contributed by atoms with Gasteiger partial charge in [-0.1, -0.05) is 18.2 Å². The van der Waals surface area contributed by atoms with Crippen molar-refractivity contribution in [3.63, 3.8) is 0 Å². The molecule has 0 saturated heterocycles. The van der Waals surface area contributed by atoms with Crippen LogP contribution in [-0.4, -0.2) is 20.7 Å². The quantitative estimate of drug-likeness (QED) is 0.576. The number of aryl methyl sites for hydroxylation is 1. The highest BCUT2D eigenvalue weighted by Gasteiger charge is 2.13. The maximum atomic E-state index is 12.4. The molecule has 2 aromatic heterocycles. The van der Waals surface area contributed by atoms with Crippen molar-refractivity contribution in [2.45, 2.75) is 13.5 Å². The van der Waals surface area contributed by atoms with Gasteiger partial charge in [0, 0.05) is 29.1 Å². The summed E-state index contributed by atoms with van der Waals surface area (Å²) in [6.45, 7) is 2.93. The molecule has 27 heavy (non-hydrogen) atoms. The van der Waals surface area contributed by atoms with E-state index in [0.29, 0.717) is 16.9 Å². The second-order valence-corrected chi connectivity index (χ2v) is 6.14. The predicted octanol–water partition coefficient (Wildman–Crippen LogP) is 4.18. The molecule has 6 nitrogen and oxygen atoms in total. The van der Waals surface area contributed by atoms with Crippen molar-refractivity contribution in [1.29, 1.82) is 5.26 Å². The molecular weight excluding hydrogens is 338 g/mol. The Bertz CT molecular complexity index is 1160. The minimum absolute atomic E-state index is 0.270. The average Bonchev–Trinajstić information content (AvgIpc) is 3.31. The fourth-order valence-electron chi connectivity index (χ4n) is 3.18. The first-order valence-electron chi connectivity index (χ1n) is 8.65. The number of rotatable bonds is 4. The summed E-state index contributed by atoms with van der Waals surface area (Å²) in [5, 5.41) is 20.0. The number of para-hydroxylation sites is 1. The molecule has 2 aromatic carbocycles. The molecule has 0 aliphatic carbocycles. The Balaban J connectivity index is 1.60. The molecule has 0 radical (unpaired) electrons. The Labute approximate surface area is 156 Å². The number of nitrogens with one attached hydrogen (secondary N) is 2. The standard InChI is InChI=1S/C21H17N5O/c1-2-26-18-6-4-3-5-16(18)11-19(26)17-12-20(25-24-17)23-21(27)15-9-7-14(13-22)8-10-15/h3-12H,2H2,1H3,(H2,23,24,25,27). The summed E-state index contributed by atoms with van der Waals surface area (Å²) in [4.78, 5) is 12.4. The maximum absolute atomic E-state index is 12.4. The molecule has 2 N–H and O–H groups in total. The molecule has 2 heterocycles. The summed E-state index contributed by atoms with van der Waals surface area (Å²) in [7, 11) is 0. The molecule has 0 saturated carbocycles. The summed E-state index contributed by atoms with van der Waals surface area (Å²) in [5.74, 6) is 0.181. The molecule has 6 heteroatoms. The minimum atomic E-state index is -0.270. The minimum Gasteiger partial charge on any atom is -0.340 e. The molecule has 0 aliphatic heterocycles. The molecule has 0 aliphatic rings. The van der Waals surface area contributed by atoms with Crippen LogP contribution in [0, 0.1) is 11.3 Å². The third-order valence-corrected chi connectivity index (χ3v) is 4.50. The smallest absolute Gasteiger partial charge is 0.256 e. The van der Waals surface area contributed by atoms with Crippen molar-refractivity contribution in [3.8, 4) is 17.5 Å². The molecule has 0 spiro atoms. The number of amides is 1. The van der Waals surface area contributed by atoms with Crippen LogP contribution in [0.1, 0.15) is 22.8 Å². The number of hydrogen-bond donors (Lipinski definition) is 2. The summed E-state index contributed by atoms with van der Waals surface area (Å²) < 4.78 is 2.20. The largest absolute Gasteiger partial charge is 0.340 e. The number of nitriles is 1. The van der Waals surface area contributed by atoms with Crippen molar-refractivity contribution >= 4 is 22.6 Å². The van der Waals surface area contributed by atoms with Gasteiger partial charge in [-0.05, 0) is 43.3 Å². The number of aromatic nitrogens is 3. The van der Waals surface area contributed by atoms with Crippen LogP contribution in [0.15, 0.2) is 60.7 Å². The predicted molar refractivity (Wildman–Crippen MR) is 104 cm³/mol. The normalized spacial score (nSPS) is 10.7. The summed E-state index contributed by atoms with van der Waals surface area (Å²) in [6.07, 6.45) is 0. The molecule has 0 atom stereocenters. The van der Waals surface area contributed by atoms with Gasteiger partial charge in [0.15, 0.2) is 5.82 Å². The van der Waals surface area contributed by atoms with E-state index >= 15 is 0 Å². The molecule has 132 valence electrons. The number of nitrogens with zero attached hydrogens (tertiary/aromatic N) is 3. The van der Waals surface area contributed by atoms with Crippen LogP contribution < -0.4 is 5.32 Å². The number of H-pyrrole nitrogens is 1. The van der Waals surface area contributed by atoms with Gasteiger partial charge in [0.05, 0.1) is 23.0 Å². The lowest BCUT2D eigenvalue weighted by Crippen LogP contribution is -2.11. The van der Waals surface area contributed by atoms with Gasteiger partial charge in [0.1, 0.15) is 0 Å². The zero-order valence-electron chi connectivity index (χ0n) is 14.7. The van der Waals surface area contributed by atoms with Crippen molar-refractivity contribution in [2.75, 3.05) is 5.32 Å². The number of hydrogen-bond acceptors (Lipinski definition) is 3. The van der Waals surface area contributed by atoms with E-state index in [1.165, 1.54) is 0 Å². The summed E-state index contributed by atoms with van der Waals surface area (Å²) in [6, 6.07) is 20.6. The van der Waals surface area contributed by atoms with Crippen molar-refractivity contribution in [3.05, 3.63) is 71.8 Å². The highest BCUT2D eigenvalue weighted by Crippen LogP contribution is 2.28. The molecule has 0 unspecified atom stereocenters. The van der Waals surface area contributed by atoms with Crippen molar-refractivity contribution in [1.82, 2.24) is 14.8 Å². The number of carbonyl (C=O) groups excluding carboxylic acids is 1. The third kappa shape index (κ3) is 3.07. The zero-order valence-corrected chi connectivity index (χ0v) is 14.7. The van der Waals surface area contributed by atoms with Gasteiger partial charge in [0.25, 0.3) is 5.91 Å². The number of anilines is 1. The third-order valence-electron chi connectivity index (χ3n) is 4.50. The van der Waals surface area contributed by atoms with E-state index < -0.39 is 0 Å². The molecule has 0 bridgehead atoms. The van der Waals surface area contributed by atoms with Crippen molar-refractivity contribution in [2.24, 2.45) is 0 Å². The van der Waals surface area contributed by atoms with E-state index in [-0.39, 0.29) is 5.91 Å². The average molecular weight is 355 g/mol. The van der Waals surface area contributed by atoms with Crippen molar-refractivity contribution < 1.29 is 4.79 Å². The Morgan fingerprint density at radius 2 is 1.96 bits per heavy atom. The van der Waals surface area contributed by atoms with Crippen LogP contribution in [0.5, 0.6) is 0 Å². The lowest BCUT2D eigenvalue weighted by atomic mass is 10.1. The second kappa shape index (κ2) is 6.81. The van der Waals surface area contributed by atoms with Crippen LogP contribution in [-0.2, 0) is 6.54 Å². The fourth-order valence-corrected chi connectivity index (χ4v) is 3.18. The van der Waals surface area contributed by atoms with Gasteiger partial charge in [-0.25, -0.2) is 0 Å². The molecular formula is C21H17N5O. The number of benzene rings is 2. The van der Waals surface area contributed by atoms with Gasteiger partial charge < -0.3 is 9.88 Å². The Morgan fingerprint density at radius 3 is 2.70 bits per heavy atom. The first kappa shape index (κ1) is 16.6. The second-order valence-electron chi connectivity index (χ2n) is 6.14. The maximum Gasteiger partial charge on any atom is 0.256 e. The lowest BCUT2D eigenvalue weighted by molar-refractivity contribution is 0.102. The number of carbonyl (C=O) groups is 1. The van der Waals surface area contributed by atoms with E-state index in [2.05, 4.69) is 45.2 Å². The van der Waals surface area contributed by atoms with Crippen LogP contribution in [0.3, 0.4) is 0 Å². The van der Waals surface area contributed by atoms with Gasteiger partial charge in [-0.3, -0.25) is 9.89 Å². The lowest BCUT2D eigenvalue weighted by Gasteiger charge is -2.05. The van der Waals surface area contributed by atoms with Gasteiger partial charge in [-0.2, -0.15) is 10.4 Å². The van der Waals surface area contributed by atoms with Gasteiger partial charge in [0.2, 0.25) is 0 Å². The first-order chi connectivity index (χ1) is 13.2. The highest BCUT2D eigenvalue weighted by atomic mass is 16.1. The van der Waals surface area contributed by atoms with Crippen LogP contribution >= 0.6 is 0 Å². The van der Waals surface area contributed by atoms with Crippen LogP contribution in [0.2, 0.25) is 0 Å². The van der Waals surface area contributed by atoms with Crippen LogP contribution in [0.4, 0.5) is 5.82 Å². The highest BCUT2D eigenvalue weighted by molar-refractivity contribution is 6.04. The van der Waals surface area contributed by atoms with E-state index in [9.17, 15) is 4.79 Å². The Hall–Kier alpha value is -3.85. The summed E-state index contributed by atoms with van der Waals surface area (Å²) in [5.41, 5.74) is 4.00. The van der Waals surface area contributed by atoms with Gasteiger partial charge in [-0.15, -0.1) is 0 Å². The number of fused-ring (bicyclic) bond motifs is 1. The number of aromatic amines is 1. The Morgan fingerprint density at radius 1 is 1.19 bits per heavy atom. The molecule has 0 fully saturated rings. The SMILES string of the molecule is CCn1c(-c2cc(NC(=O)c3ccc(C#N)cc3)n[nH]2)cc2ccccc21. The molecule has 4 aromatic rings. The van der Waals surface area contributed by atoms with Crippen LogP contribution in [0.25, 0.3) is 22.3 Å².